The molecule has 1 saturated carbocycles. The Balaban J connectivity index is 1.14. The van der Waals surface area contributed by atoms with Gasteiger partial charge in [-0.05, 0) is 49.8 Å². The number of hydrogen-bond acceptors (Lipinski definition) is 7. The number of ether oxygens (including phenoxy) is 1. The van der Waals surface area contributed by atoms with E-state index in [1.165, 1.54) is 24.5 Å². The number of rotatable bonds is 7. The molecule has 13 heteroatoms. The van der Waals surface area contributed by atoms with Crippen molar-refractivity contribution in [2.75, 3.05) is 32.1 Å². The van der Waals surface area contributed by atoms with E-state index in [1.54, 1.807) is 0 Å². The lowest BCUT2D eigenvalue weighted by molar-refractivity contribution is -0.137. The van der Waals surface area contributed by atoms with E-state index >= 15 is 0 Å². The van der Waals surface area contributed by atoms with Gasteiger partial charge < -0.3 is 15.4 Å². The van der Waals surface area contributed by atoms with Crippen molar-refractivity contribution in [1.29, 1.82) is 0 Å². The molecular formula is C24H28F3N5O4S. The van der Waals surface area contributed by atoms with Crippen LogP contribution in [0.4, 0.5) is 23.1 Å². The highest BCUT2D eigenvalue weighted by atomic mass is 32.1. The first-order valence-electron chi connectivity index (χ1n) is 11.9. The fourth-order valence-corrected chi connectivity index (χ4v) is 5.65. The van der Waals surface area contributed by atoms with Gasteiger partial charge in [0.15, 0.2) is 5.13 Å². The Morgan fingerprint density at radius 3 is 2.57 bits per heavy atom. The van der Waals surface area contributed by atoms with Gasteiger partial charge in [-0.25, -0.2) is 9.78 Å². The van der Waals surface area contributed by atoms with Crippen LogP contribution in [-0.4, -0.2) is 66.6 Å². The number of aromatic nitrogens is 1. The van der Waals surface area contributed by atoms with Gasteiger partial charge in [-0.2, -0.15) is 13.2 Å². The first-order valence-corrected chi connectivity index (χ1v) is 12.7. The van der Waals surface area contributed by atoms with Crippen LogP contribution in [0.25, 0.3) is 0 Å². The van der Waals surface area contributed by atoms with Gasteiger partial charge in [0, 0.05) is 35.8 Å². The van der Waals surface area contributed by atoms with Crippen molar-refractivity contribution in [3.05, 3.63) is 46.5 Å². The number of carbonyl (C=O) groups excluding carboxylic acids is 3. The van der Waals surface area contributed by atoms with E-state index in [9.17, 15) is 27.6 Å². The van der Waals surface area contributed by atoms with Crippen LogP contribution in [-0.2, 0) is 15.7 Å². The summed E-state index contributed by atoms with van der Waals surface area (Å²) in [6, 6.07) is 4.49. The first-order chi connectivity index (χ1) is 17.6. The molecule has 200 valence electrons. The lowest BCUT2D eigenvalue weighted by Gasteiger charge is -2.46. The second kappa shape index (κ2) is 11.5. The number of anilines is 1. The number of hydrogen-bond donors (Lipinski definition) is 3. The molecule has 1 saturated heterocycles. The standard InChI is InChI=1S/C24H28F3N5O4S/c1-36-23(35)31-22-29-10-19(37-22)14-5-7-18(8-6-14)32-12-17(13-32)30-20(33)11-28-21(34)15-3-2-4-16(9-15)24(25,26)27/h2-4,9-10,14,17-18H,5-8,11-13H2,1H3,(H,28,34)(H,30,33)(H,29,31,35). The Morgan fingerprint density at radius 2 is 1.89 bits per heavy atom. The third-order valence-corrected chi connectivity index (χ3v) is 7.75. The average molecular weight is 540 g/mol. The fourth-order valence-electron chi connectivity index (χ4n) is 4.68. The molecule has 1 aliphatic heterocycles. The quantitative estimate of drug-likeness (QED) is 0.496. The number of nitrogens with zero attached hydrogens (tertiary/aromatic N) is 2. The van der Waals surface area contributed by atoms with Gasteiger partial charge in [0.25, 0.3) is 5.91 Å². The summed E-state index contributed by atoms with van der Waals surface area (Å²) in [6.45, 7) is 1.13. The minimum Gasteiger partial charge on any atom is -0.453 e. The van der Waals surface area contributed by atoms with Gasteiger partial charge in [0.1, 0.15) is 0 Å². The van der Waals surface area contributed by atoms with Crippen molar-refractivity contribution in [2.24, 2.45) is 0 Å². The maximum Gasteiger partial charge on any atom is 0.416 e. The highest BCUT2D eigenvalue weighted by molar-refractivity contribution is 7.15. The Morgan fingerprint density at radius 1 is 1.16 bits per heavy atom. The van der Waals surface area contributed by atoms with Crippen molar-refractivity contribution < 1.29 is 32.3 Å². The Hall–Kier alpha value is -3.19. The molecule has 9 nitrogen and oxygen atoms in total. The molecule has 37 heavy (non-hydrogen) atoms. The molecule has 0 atom stereocenters. The van der Waals surface area contributed by atoms with Gasteiger partial charge in [-0.1, -0.05) is 6.07 Å². The minimum atomic E-state index is -4.54. The Bertz CT molecular complexity index is 1130. The van der Waals surface area contributed by atoms with Gasteiger partial charge in [-0.3, -0.25) is 19.8 Å². The molecule has 2 heterocycles. The van der Waals surface area contributed by atoms with Crippen molar-refractivity contribution in [2.45, 2.75) is 49.9 Å². The molecule has 0 bridgehead atoms. The number of alkyl halides is 3. The van der Waals surface area contributed by atoms with Crippen LogP contribution < -0.4 is 16.0 Å². The topological polar surface area (TPSA) is 113 Å². The van der Waals surface area contributed by atoms with E-state index in [-0.39, 0.29) is 24.1 Å². The summed E-state index contributed by atoms with van der Waals surface area (Å²) in [5, 5.41) is 8.35. The smallest absolute Gasteiger partial charge is 0.416 e. The normalized spacial score (nSPS) is 20.5. The number of carbonyl (C=O) groups is 3. The zero-order valence-corrected chi connectivity index (χ0v) is 21.0. The summed E-state index contributed by atoms with van der Waals surface area (Å²) in [7, 11) is 1.30. The van der Waals surface area contributed by atoms with E-state index < -0.39 is 23.7 Å². The van der Waals surface area contributed by atoms with Crippen LogP contribution in [0.15, 0.2) is 30.5 Å². The predicted molar refractivity (Wildman–Crippen MR) is 130 cm³/mol. The minimum absolute atomic E-state index is 0.0240. The monoisotopic (exact) mass is 539 g/mol. The van der Waals surface area contributed by atoms with Crippen molar-refractivity contribution in [1.82, 2.24) is 20.5 Å². The van der Waals surface area contributed by atoms with E-state index in [0.717, 1.165) is 61.8 Å². The summed E-state index contributed by atoms with van der Waals surface area (Å²) in [5.74, 6) is -0.711. The van der Waals surface area contributed by atoms with Crippen LogP contribution in [0.5, 0.6) is 0 Å². The molecular weight excluding hydrogens is 511 g/mol. The summed E-state index contributed by atoms with van der Waals surface area (Å²) in [5.41, 5.74) is -1.07. The largest absolute Gasteiger partial charge is 0.453 e. The highest BCUT2D eigenvalue weighted by Gasteiger charge is 2.36. The maximum atomic E-state index is 12.8. The average Bonchev–Trinajstić information content (AvgIpc) is 3.32. The van der Waals surface area contributed by atoms with Crippen LogP contribution in [0, 0.1) is 0 Å². The van der Waals surface area contributed by atoms with E-state index in [1.807, 2.05) is 6.20 Å². The molecule has 1 aromatic heterocycles. The number of thiazole rings is 1. The number of halogens is 3. The predicted octanol–water partition coefficient (Wildman–Crippen LogP) is 3.60. The summed E-state index contributed by atoms with van der Waals surface area (Å²) < 4.78 is 43.1. The van der Waals surface area contributed by atoms with E-state index in [4.69, 9.17) is 0 Å². The molecule has 2 aromatic rings. The van der Waals surface area contributed by atoms with E-state index in [0.29, 0.717) is 17.1 Å². The van der Waals surface area contributed by atoms with Crippen LogP contribution in [0.3, 0.4) is 0 Å². The number of likely N-dealkylation sites (tertiary alicyclic amines) is 1. The molecule has 0 unspecified atom stereocenters. The Kier molecular flexibility index (Phi) is 8.32. The summed E-state index contributed by atoms with van der Waals surface area (Å²) in [6.07, 6.45) is 0.798. The van der Waals surface area contributed by atoms with Gasteiger partial charge in [0.05, 0.1) is 25.3 Å². The highest BCUT2D eigenvalue weighted by Crippen LogP contribution is 2.39. The molecule has 3 amide bonds. The summed E-state index contributed by atoms with van der Waals surface area (Å²) in [4.78, 5) is 43.4. The molecule has 0 radical (unpaired) electrons. The van der Waals surface area contributed by atoms with Crippen molar-refractivity contribution >= 4 is 34.4 Å². The molecule has 4 rings (SSSR count). The first kappa shape index (κ1) is 26.9. The third-order valence-electron chi connectivity index (χ3n) is 6.67. The second-order valence-corrected chi connectivity index (χ2v) is 10.2. The molecule has 1 aliphatic carbocycles. The maximum absolute atomic E-state index is 12.8. The van der Waals surface area contributed by atoms with Crippen LogP contribution in [0.1, 0.15) is 52.4 Å². The zero-order chi connectivity index (χ0) is 26.6. The SMILES string of the molecule is COC(=O)Nc1ncc(C2CCC(N3CC(NC(=O)CNC(=O)c4cccc(C(F)(F)F)c4)C3)CC2)s1. The molecule has 2 aliphatic rings. The molecule has 1 aromatic carbocycles. The van der Waals surface area contributed by atoms with Gasteiger partial charge in [-0.15, -0.1) is 11.3 Å². The van der Waals surface area contributed by atoms with Gasteiger partial charge in [0.2, 0.25) is 5.91 Å². The number of methoxy groups -OCH3 is 1. The third kappa shape index (κ3) is 6.98. The summed E-state index contributed by atoms with van der Waals surface area (Å²) >= 11 is 1.46. The lowest BCUT2D eigenvalue weighted by Crippen LogP contribution is -2.63. The van der Waals surface area contributed by atoms with Crippen LogP contribution in [0.2, 0.25) is 0 Å². The Labute approximate surface area is 215 Å². The van der Waals surface area contributed by atoms with Crippen molar-refractivity contribution in [3.8, 4) is 0 Å². The van der Waals surface area contributed by atoms with Gasteiger partial charge >= 0.3 is 12.3 Å². The lowest BCUT2D eigenvalue weighted by atomic mass is 9.83. The van der Waals surface area contributed by atoms with Crippen LogP contribution >= 0.6 is 11.3 Å². The number of nitrogens with one attached hydrogen (secondary N) is 3. The van der Waals surface area contributed by atoms with E-state index in [2.05, 4.69) is 30.6 Å². The number of amides is 3. The molecule has 0 spiro atoms. The zero-order valence-electron chi connectivity index (χ0n) is 20.1. The number of benzene rings is 1. The fraction of sp³-hybridized carbons (Fsp3) is 0.500. The molecule has 3 N–H and O–H groups in total. The molecule has 2 fully saturated rings. The van der Waals surface area contributed by atoms with Crippen molar-refractivity contribution in [3.63, 3.8) is 0 Å². The second-order valence-electron chi connectivity index (χ2n) is 9.17.